The van der Waals surface area contributed by atoms with Gasteiger partial charge < -0.3 is 14.0 Å². The summed E-state index contributed by atoms with van der Waals surface area (Å²) in [5, 5.41) is 0. The Labute approximate surface area is 155 Å². The molecule has 0 radical (unpaired) electrons. The molecule has 2 aromatic heterocycles. The van der Waals surface area contributed by atoms with Crippen molar-refractivity contribution in [1.82, 2.24) is 19.4 Å². The molecule has 4 rings (SSSR count). The quantitative estimate of drug-likeness (QED) is 0.763. The minimum Gasteiger partial charge on any atom is -0.481 e. The molecule has 2 aromatic rings. The standard InChI is InChI=1S/C20H28N4O2/c1-25-20-17(7-4-8-22-20)10-23-11-18-9-21-15-24(18)19(12-23)14-26-13-16-5-2-3-6-16/h4,7-9,15-16,19H,2-3,5-6,10-14H2,1H3/t19-/m0/s1. The molecule has 26 heavy (non-hydrogen) atoms. The average Bonchev–Trinajstić information content (AvgIpc) is 3.34. The predicted molar refractivity (Wildman–Crippen MR) is 98.9 cm³/mol. The lowest BCUT2D eigenvalue weighted by Crippen LogP contribution is -2.38. The van der Waals surface area contributed by atoms with Crippen LogP contribution in [-0.2, 0) is 17.8 Å². The fourth-order valence-electron chi connectivity index (χ4n) is 4.23. The lowest BCUT2D eigenvalue weighted by atomic mass is 10.1. The molecule has 1 aliphatic carbocycles. The normalized spacial score (nSPS) is 21.0. The van der Waals surface area contributed by atoms with E-state index in [1.807, 2.05) is 18.6 Å². The van der Waals surface area contributed by atoms with Gasteiger partial charge in [0.1, 0.15) is 0 Å². The van der Waals surface area contributed by atoms with Crippen LogP contribution in [0, 0.1) is 5.92 Å². The lowest BCUT2D eigenvalue weighted by Gasteiger charge is -2.34. The minimum atomic E-state index is 0.310. The zero-order chi connectivity index (χ0) is 17.8. The smallest absolute Gasteiger partial charge is 0.217 e. The number of hydrogen-bond donors (Lipinski definition) is 0. The van der Waals surface area contributed by atoms with Crippen LogP contribution in [0.1, 0.15) is 43.0 Å². The third-order valence-corrected chi connectivity index (χ3v) is 5.57. The molecule has 0 bridgehead atoms. The maximum absolute atomic E-state index is 6.11. The van der Waals surface area contributed by atoms with E-state index < -0.39 is 0 Å². The van der Waals surface area contributed by atoms with Gasteiger partial charge in [0.2, 0.25) is 5.88 Å². The third-order valence-electron chi connectivity index (χ3n) is 5.57. The summed E-state index contributed by atoms with van der Waals surface area (Å²) in [5.41, 5.74) is 2.36. The number of methoxy groups -OCH3 is 1. The lowest BCUT2D eigenvalue weighted by molar-refractivity contribution is 0.0496. The second-order valence-electron chi connectivity index (χ2n) is 7.48. The van der Waals surface area contributed by atoms with Crippen molar-refractivity contribution < 1.29 is 9.47 Å². The second-order valence-corrected chi connectivity index (χ2v) is 7.48. The topological polar surface area (TPSA) is 52.4 Å². The molecule has 0 aromatic carbocycles. The van der Waals surface area contributed by atoms with Gasteiger partial charge in [0.25, 0.3) is 0 Å². The predicted octanol–water partition coefficient (Wildman–Crippen LogP) is 3.05. The summed E-state index contributed by atoms with van der Waals surface area (Å²) >= 11 is 0. The third kappa shape index (κ3) is 3.91. The molecule has 6 heteroatoms. The summed E-state index contributed by atoms with van der Waals surface area (Å²) in [6, 6.07) is 4.36. The van der Waals surface area contributed by atoms with Gasteiger partial charge in [-0.25, -0.2) is 9.97 Å². The van der Waals surface area contributed by atoms with E-state index >= 15 is 0 Å². The number of pyridine rings is 1. The van der Waals surface area contributed by atoms with Gasteiger partial charge >= 0.3 is 0 Å². The Morgan fingerprint density at radius 1 is 1.23 bits per heavy atom. The van der Waals surface area contributed by atoms with Gasteiger partial charge in [-0.05, 0) is 24.8 Å². The summed E-state index contributed by atoms with van der Waals surface area (Å²) < 4.78 is 13.8. The molecular formula is C20H28N4O2. The fourth-order valence-corrected chi connectivity index (χ4v) is 4.23. The van der Waals surface area contributed by atoms with Gasteiger partial charge in [-0.3, -0.25) is 4.90 Å². The number of aromatic nitrogens is 3. The molecule has 0 unspecified atom stereocenters. The molecule has 1 atom stereocenters. The minimum absolute atomic E-state index is 0.310. The van der Waals surface area contributed by atoms with Crippen LogP contribution in [0.25, 0.3) is 0 Å². The average molecular weight is 356 g/mol. The molecule has 1 aliphatic heterocycles. The summed E-state index contributed by atoms with van der Waals surface area (Å²) in [7, 11) is 1.68. The van der Waals surface area contributed by atoms with Crippen LogP contribution in [0.15, 0.2) is 30.9 Å². The largest absolute Gasteiger partial charge is 0.481 e. The van der Waals surface area contributed by atoms with Gasteiger partial charge in [0.15, 0.2) is 0 Å². The number of hydrogen-bond acceptors (Lipinski definition) is 5. The molecule has 0 spiro atoms. The van der Waals surface area contributed by atoms with E-state index in [4.69, 9.17) is 9.47 Å². The highest BCUT2D eigenvalue weighted by atomic mass is 16.5. The molecule has 0 N–H and O–H groups in total. The van der Waals surface area contributed by atoms with E-state index in [9.17, 15) is 0 Å². The van der Waals surface area contributed by atoms with Crippen molar-refractivity contribution in [2.45, 2.75) is 44.8 Å². The number of fused-ring (bicyclic) bond motifs is 1. The van der Waals surface area contributed by atoms with Gasteiger partial charge in [-0.1, -0.05) is 18.9 Å². The second kappa shape index (κ2) is 8.18. The van der Waals surface area contributed by atoms with Crippen molar-refractivity contribution >= 4 is 0 Å². The van der Waals surface area contributed by atoms with Crippen molar-refractivity contribution in [3.05, 3.63) is 42.1 Å². The van der Waals surface area contributed by atoms with Crippen molar-refractivity contribution in [2.75, 3.05) is 26.9 Å². The van der Waals surface area contributed by atoms with Gasteiger partial charge in [-0.15, -0.1) is 0 Å². The summed E-state index contributed by atoms with van der Waals surface area (Å²) in [6.07, 6.45) is 11.1. The zero-order valence-corrected chi connectivity index (χ0v) is 15.5. The van der Waals surface area contributed by atoms with Crippen LogP contribution in [0.2, 0.25) is 0 Å². The molecule has 140 valence electrons. The van der Waals surface area contributed by atoms with Crippen molar-refractivity contribution in [1.29, 1.82) is 0 Å². The first-order valence-corrected chi connectivity index (χ1v) is 9.62. The van der Waals surface area contributed by atoms with Crippen LogP contribution in [-0.4, -0.2) is 46.3 Å². The molecule has 1 fully saturated rings. The Hall–Kier alpha value is -1.92. The molecule has 6 nitrogen and oxygen atoms in total. The Kier molecular flexibility index (Phi) is 5.51. The van der Waals surface area contributed by atoms with Crippen LogP contribution < -0.4 is 4.74 Å². The number of nitrogens with zero attached hydrogens (tertiary/aromatic N) is 4. The van der Waals surface area contributed by atoms with E-state index in [-0.39, 0.29) is 0 Å². The van der Waals surface area contributed by atoms with E-state index in [1.54, 1.807) is 13.3 Å². The van der Waals surface area contributed by atoms with Crippen LogP contribution in [0.4, 0.5) is 0 Å². The fraction of sp³-hybridized carbons (Fsp3) is 0.600. The molecule has 1 saturated carbocycles. The van der Waals surface area contributed by atoms with Crippen LogP contribution in [0.3, 0.4) is 0 Å². The Morgan fingerprint density at radius 3 is 2.96 bits per heavy atom. The van der Waals surface area contributed by atoms with Gasteiger partial charge in [0, 0.05) is 44.2 Å². The first-order valence-electron chi connectivity index (χ1n) is 9.62. The molecule has 0 saturated heterocycles. The maximum Gasteiger partial charge on any atom is 0.217 e. The Balaban J connectivity index is 1.40. The zero-order valence-electron chi connectivity index (χ0n) is 15.5. The highest BCUT2D eigenvalue weighted by Gasteiger charge is 2.26. The summed E-state index contributed by atoms with van der Waals surface area (Å²) in [5.74, 6) is 1.47. The van der Waals surface area contributed by atoms with Crippen LogP contribution in [0.5, 0.6) is 5.88 Å². The molecule has 2 aliphatic rings. The van der Waals surface area contributed by atoms with Gasteiger partial charge in [0.05, 0.1) is 31.8 Å². The summed E-state index contributed by atoms with van der Waals surface area (Å²) in [6.45, 7) is 4.31. The number of rotatable bonds is 7. The number of imidazole rings is 1. The van der Waals surface area contributed by atoms with E-state index in [2.05, 4.69) is 25.5 Å². The summed E-state index contributed by atoms with van der Waals surface area (Å²) in [4.78, 5) is 11.1. The first kappa shape index (κ1) is 17.5. The Bertz CT molecular complexity index is 711. The molecular weight excluding hydrogens is 328 g/mol. The number of ether oxygens (including phenoxy) is 2. The van der Waals surface area contributed by atoms with Gasteiger partial charge in [-0.2, -0.15) is 0 Å². The monoisotopic (exact) mass is 356 g/mol. The SMILES string of the molecule is COc1ncccc1CN1Cc2cncn2[C@H](COCC2CCCC2)C1. The first-order chi connectivity index (χ1) is 12.8. The molecule has 3 heterocycles. The van der Waals surface area contributed by atoms with Crippen LogP contribution >= 0.6 is 0 Å². The van der Waals surface area contributed by atoms with E-state index in [0.29, 0.717) is 11.9 Å². The van der Waals surface area contributed by atoms with Crippen molar-refractivity contribution in [3.8, 4) is 5.88 Å². The highest BCUT2D eigenvalue weighted by Crippen LogP contribution is 2.27. The van der Waals surface area contributed by atoms with Crippen molar-refractivity contribution in [3.63, 3.8) is 0 Å². The maximum atomic E-state index is 6.11. The van der Waals surface area contributed by atoms with E-state index in [1.165, 1.54) is 31.4 Å². The van der Waals surface area contributed by atoms with Crippen molar-refractivity contribution in [2.24, 2.45) is 5.92 Å². The van der Waals surface area contributed by atoms with E-state index in [0.717, 1.165) is 44.3 Å². The Morgan fingerprint density at radius 2 is 2.12 bits per heavy atom. The highest BCUT2D eigenvalue weighted by molar-refractivity contribution is 5.25. The molecule has 0 amide bonds.